The zero-order chi connectivity index (χ0) is 11.4. The molecule has 1 aromatic rings. The van der Waals surface area contributed by atoms with E-state index in [-0.39, 0.29) is 11.3 Å². The van der Waals surface area contributed by atoms with Crippen molar-refractivity contribution in [1.29, 1.82) is 0 Å². The van der Waals surface area contributed by atoms with Crippen molar-refractivity contribution in [3.63, 3.8) is 0 Å². The predicted molar refractivity (Wildman–Crippen MR) is 49.6 cm³/mol. The van der Waals surface area contributed by atoms with Crippen LogP contribution in [0.2, 0.25) is 0 Å². The lowest BCUT2D eigenvalue weighted by molar-refractivity contribution is -0.126. The summed E-state index contributed by atoms with van der Waals surface area (Å²) in [5.74, 6) is -2.26. The molecule has 0 aromatic heterocycles. The van der Waals surface area contributed by atoms with Gasteiger partial charge in [0.15, 0.2) is 0 Å². The van der Waals surface area contributed by atoms with Gasteiger partial charge in [-0.1, -0.05) is 12.1 Å². The molecule has 0 saturated heterocycles. The van der Waals surface area contributed by atoms with Crippen LogP contribution in [0.1, 0.15) is 10.4 Å². The first-order valence-electron chi connectivity index (χ1n) is 4.00. The van der Waals surface area contributed by atoms with Crippen LogP contribution in [-0.4, -0.2) is 18.2 Å². The van der Waals surface area contributed by atoms with Crippen molar-refractivity contribution in [2.75, 3.05) is 5.32 Å². The number of para-hydroxylation sites is 1. The highest BCUT2D eigenvalue weighted by atomic mass is 19.3. The third kappa shape index (κ3) is 2.73. The summed E-state index contributed by atoms with van der Waals surface area (Å²) in [4.78, 5) is 21.5. The molecule has 1 rings (SSSR count). The van der Waals surface area contributed by atoms with Crippen LogP contribution in [0.3, 0.4) is 0 Å². The number of rotatable bonds is 3. The Morgan fingerprint density at radius 3 is 2.40 bits per heavy atom. The van der Waals surface area contributed by atoms with Gasteiger partial charge in [-0.15, -0.1) is 0 Å². The largest absolute Gasteiger partial charge is 0.366 e. The second-order valence-corrected chi connectivity index (χ2v) is 2.70. The van der Waals surface area contributed by atoms with Crippen molar-refractivity contribution in [2.45, 2.75) is 6.43 Å². The monoisotopic (exact) mass is 214 g/mol. The van der Waals surface area contributed by atoms with Gasteiger partial charge in [0.2, 0.25) is 0 Å². The van der Waals surface area contributed by atoms with E-state index in [1.807, 2.05) is 5.32 Å². The number of carbonyl (C=O) groups is 2. The van der Waals surface area contributed by atoms with Gasteiger partial charge < -0.3 is 11.1 Å². The number of amides is 2. The minimum atomic E-state index is -3.13. The third-order valence-electron chi connectivity index (χ3n) is 1.65. The fraction of sp³-hybridized carbons (Fsp3) is 0.111. The third-order valence-corrected chi connectivity index (χ3v) is 1.65. The van der Waals surface area contributed by atoms with Crippen LogP contribution in [0.5, 0.6) is 0 Å². The molecule has 0 aliphatic carbocycles. The summed E-state index contributed by atoms with van der Waals surface area (Å²) in [6.07, 6.45) is -3.13. The first kappa shape index (κ1) is 11.1. The Kier molecular flexibility index (Phi) is 3.33. The van der Waals surface area contributed by atoms with Crippen molar-refractivity contribution < 1.29 is 18.4 Å². The zero-order valence-electron chi connectivity index (χ0n) is 7.54. The maximum atomic E-state index is 11.9. The van der Waals surface area contributed by atoms with E-state index < -0.39 is 18.2 Å². The van der Waals surface area contributed by atoms with Crippen LogP contribution in [0, 0.1) is 0 Å². The lowest BCUT2D eigenvalue weighted by atomic mass is 10.1. The maximum Gasteiger partial charge on any atom is 0.315 e. The minimum Gasteiger partial charge on any atom is -0.366 e. The SMILES string of the molecule is NC(=O)c1ccccc1NC(=O)C(F)F. The van der Waals surface area contributed by atoms with Gasteiger partial charge >= 0.3 is 6.43 Å². The highest BCUT2D eigenvalue weighted by Crippen LogP contribution is 2.14. The van der Waals surface area contributed by atoms with Crippen molar-refractivity contribution in [1.82, 2.24) is 0 Å². The normalized spacial score (nSPS) is 10.1. The molecule has 80 valence electrons. The number of carbonyl (C=O) groups excluding carboxylic acids is 2. The average molecular weight is 214 g/mol. The molecule has 0 radical (unpaired) electrons. The Labute approximate surface area is 84.1 Å². The van der Waals surface area contributed by atoms with Crippen LogP contribution in [-0.2, 0) is 4.79 Å². The molecule has 0 aliphatic rings. The number of halogens is 2. The number of nitrogens with two attached hydrogens (primary N) is 1. The van der Waals surface area contributed by atoms with E-state index in [1.165, 1.54) is 24.3 Å². The standard InChI is InChI=1S/C9H8F2N2O2/c10-7(11)9(15)13-6-4-2-1-3-5(6)8(12)14/h1-4,7H,(H2,12,14)(H,13,15). The molecule has 0 aliphatic heterocycles. The Morgan fingerprint density at radius 1 is 1.27 bits per heavy atom. The fourth-order valence-corrected chi connectivity index (χ4v) is 0.994. The zero-order valence-corrected chi connectivity index (χ0v) is 7.54. The van der Waals surface area contributed by atoms with E-state index >= 15 is 0 Å². The molecule has 4 nitrogen and oxygen atoms in total. The first-order valence-corrected chi connectivity index (χ1v) is 4.00. The Morgan fingerprint density at radius 2 is 1.87 bits per heavy atom. The van der Waals surface area contributed by atoms with Gasteiger partial charge in [-0.2, -0.15) is 8.78 Å². The quantitative estimate of drug-likeness (QED) is 0.787. The van der Waals surface area contributed by atoms with E-state index in [0.29, 0.717) is 0 Å². The van der Waals surface area contributed by atoms with Crippen LogP contribution >= 0.6 is 0 Å². The van der Waals surface area contributed by atoms with E-state index in [9.17, 15) is 18.4 Å². The van der Waals surface area contributed by atoms with Gasteiger partial charge in [-0.25, -0.2) is 0 Å². The van der Waals surface area contributed by atoms with E-state index in [1.54, 1.807) is 0 Å². The minimum absolute atomic E-state index is 0.00787. The summed E-state index contributed by atoms with van der Waals surface area (Å²) >= 11 is 0. The van der Waals surface area contributed by atoms with E-state index in [0.717, 1.165) is 0 Å². The van der Waals surface area contributed by atoms with Gasteiger partial charge in [0.1, 0.15) is 0 Å². The lowest BCUT2D eigenvalue weighted by Crippen LogP contribution is -2.23. The molecule has 0 spiro atoms. The van der Waals surface area contributed by atoms with Crippen LogP contribution < -0.4 is 11.1 Å². The molecule has 3 N–H and O–H groups in total. The highest BCUT2D eigenvalue weighted by Gasteiger charge is 2.17. The van der Waals surface area contributed by atoms with Crippen molar-refractivity contribution in [3.05, 3.63) is 29.8 Å². The smallest absolute Gasteiger partial charge is 0.315 e. The Bertz CT molecular complexity index is 393. The van der Waals surface area contributed by atoms with Crippen LogP contribution in [0.25, 0.3) is 0 Å². The molecule has 0 heterocycles. The predicted octanol–water partition coefficient (Wildman–Crippen LogP) is 0.989. The number of hydrogen-bond acceptors (Lipinski definition) is 2. The van der Waals surface area contributed by atoms with Gasteiger partial charge in [-0.3, -0.25) is 9.59 Å². The second kappa shape index (κ2) is 4.50. The highest BCUT2D eigenvalue weighted by molar-refractivity contribution is 6.03. The molecule has 0 bridgehead atoms. The Balaban J connectivity index is 2.94. The number of anilines is 1. The van der Waals surface area contributed by atoms with Crippen LogP contribution in [0.4, 0.5) is 14.5 Å². The average Bonchev–Trinajstić information content (AvgIpc) is 2.18. The molecular weight excluding hydrogens is 206 g/mol. The second-order valence-electron chi connectivity index (χ2n) is 2.70. The number of primary amides is 1. The molecular formula is C9H8F2N2O2. The first-order chi connectivity index (χ1) is 7.02. The number of hydrogen-bond donors (Lipinski definition) is 2. The summed E-state index contributed by atoms with van der Waals surface area (Å²) in [6, 6.07) is 5.66. The molecule has 0 fully saturated rings. The summed E-state index contributed by atoms with van der Waals surface area (Å²) in [6.45, 7) is 0. The summed E-state index contributed by atoms with van der Waals surface area (Å²) < 4.78 is 23.8. The van der Waals surface area contributed by atoms with Crippen molar-refractivity contribution >= 4 is 17.5 Å². The molecule has 0 unspecified atom stereocenters. The van der Waals surface area contributed by atoms with Crippen LogP contribution in [0.15, 0.2) is 24.3 Å². The number of nitrogens with one attached hydrogen (secondary N) is 1. The number of benzene rings is 1. The van der Waals surface area contributed by atoms with E-state index in [4.69, 9.17) is 5.73 Å². The summed E-state index contributed by atoms with van der Waals surface area (Å²) in [5, 5.41) is 1.90. The lowest BCUT2D eigenvalue weighted by Gasteiger charge is -2.07. The summed E-state index contributed by atoms with van der Waals surface area (Å²) in [5.41, 5.74) is 4.96. The van der Waals surface area contributed by atoms with Crippen molar-refractivity contribution in [3.8, 4) is 0 Å². The maximum absolute atomic E-state index is 11.9. The van der Waals surface area contributed by atoms with Gasteiger partial charge in [0, 0.05) is 0 Å². The molecule has 6 heteroatoms. The number of alkyl halides is 2. The van der Waals surface area contributed by atoms with Crippen molar-refractivity contribution in [2.24, 2.45) is 5.73 Å². The topological polar surface area (TPSA) is 72.2 Å². The fourth-order valence-electron chi connectivity index (χ4n) is 0.994. The molecule has 15 heavy (non-hydrogen) atoms. The van der Waals surface area contributed by atoms with Gasteiger partial charge in [-0.05, 0) is 12.1 Å². The van der Waals surface area contributed by atoms with Gasteiger partial charge in [0.25, 0.3) is 11.8 Å². The molecule has 0 atom stereocenters. The Hall–Kier alpha value is -1.98. The molecule has 1 aromatic carbocycles. The van der Waals surface area contributed by atoms with Gasteiger partial charge in [0.05, 0.1) is 11.3 Å². The molecule has 2 amide bonds. The summed E-state index contributed by atoms with van der Waals surface area (Å²) in [7, 11) is 0. The molecule has 0 saturated carbocycles. The van der Waals surface area contributed by atoms with E-state index in [2.05, 4.69) is 0 Å².